The summed E-state index contributed by atoms with van der Waals surface area (Å²) in [6.07, 6.45) is 0. The van der Waals surface area contributed by atoms with Crippen molar-refractivity contribution in [2.45, 2.75) is 4.90 Å². The van der Waals surface area contributed by atoms with Crippen molar-refractivity contribution in [2.24, 2.45) is 0 Å². The number of H-pyrrole nitrogens is 1. The van der Waals surface area contributed by atoms with Crippen molar-refractivity contribution in [2.75, 3.05) is 5.73 Å². The number of carboxylic acid groups (broad SMARTS) is 2. The van der Waals surface area contributed by atoms with E-state index in [0.29, 0.717) is 0 Å². The standard InChI is InChI=1S/C13H10N2O8S/c14-10-8(12(17)18)7(9(13(19)20)11(16)15-10)5-1-3-6(4-2-5)24(21,22)23/h1-4H,(H,17,18)(H,19,20)(H3,14,15,16)(H,21,22,23). The molecule has 0 radical (unpaired) electrons. The van der Waals surface area contributed by atoms with Gasteiger partial charge in [0.15, 0.2) is 0 Å². The van der Waals surface area contributed by atoms with Gasteiger partial charge in [-0.3, -0.25) is 9.35 Å². The van der Waals surface area contributed by atoms with E-state index in [1.807, 2.05) is 4.98 Å². The third-order valence-corrected chi connectivity index (χ3v) is 3.98. The molecule has 1 aromatic carbocycles. The van der Waals surface area contributed by atoms with Crippen LogP contribution in [0.15, 0.2) is 34.0 Å². The smallest absolute Gasteiger partial charge is 0.342 e. The van der Waals surface area contributed by atoms with Crippen molar-refractivity contribution in [3.05, 3.63) is 45.7 Å². The number of hydrogen-bond acceptors (Lipinski definition) is 6. The summed E-state index contributed by atoms with van der Waals surface area (Å²) in [6, 6.07) is 3.96. The van der Waals surface area contributed by atoms with E-state index < -0.39 is 55.0 Å². The van der Waals surface area contributed by atoms with Crippen LogP contribution in [0.5, 0.6) is 0 Å². The lowest BCUT2D eigenvalue weighted by Crippen LogP contribution is -2.24. The summed E-state index contributed by atoms with van der Waals surface area (Å²) in [5, 5.41) is 18.5. The third kappa shape index (κ3) is 2.98. The van der Waals surface area contributed by atoms with Gasteiger partial charge in [-0.25, -0.2) is 9.59 Å². The fourth-order valence-electron chi connectivity index (χ4n) is 2.13. The molecule has 0 saturated heterocycles. The second-order valence-corrected chi connectivity index (χ2v) is 6.02. The van der Waals surface area contributed by atoms with Gasteiger partial charge >= 0.3 is 11.9 Å². The van der Waals surface area contributed by atoms with Gasteiger partial charge in [0, 0.05) is 5.56 Å². The lowest BCUT2D eigenvalue weighted by molar-refractivity contribution is 0.0695. The summed E-state index contributed by atoms with van der Waals surface area (Å²) in [5.41, 5.74) is 2.30. The van der Waals surface area contributed by atoms with Gasteiger partial charge in [-0.2, -0.15) is 8.42 Å². The van der Waals surface area contributed by atoms with Crippen LogP contribution in [-0.2, 0) is 10.1 Å². The molecule has 126 valence electrons. The number of benzene rings is 1. The number of carboxylic acids is 2. The minimum absolute atomic E-state index is 0.0741. The fourth-order valence-corrected chi connectivity index (χ4v) is 2.61. The molecule has 0 aliphatic heterocycles. The maximum absolute atomic E-state index is 11.8. The number of hydrogen-bond donors (Lipinski definition) is 5. The fraction of sp³-hybridized carbons (Fsp3) is 0. The number of rotatable bonds is 4. The minimum Gasteiger partial charge on any atom is -0.478 e. The number of nitrogens with one attached hydrogen (secondary N) is 1. The van der Waals surface area contributed by atoms with Gasteiger partial charge in [0.25, 0.3) is 15.7 Å². The van der Waals surface area contributed by atoms with Crippen LogP contribution in [0, 0.1) is 0 Å². The maximum atomic E-state index is 11.8. The molecular weight excluding hydrogens is 344 g/mol. The molecule has 0 aliphatic rings. The molecule has 2 rings (SSSR count). The average Bonchev–Trinajstić information content (AvgIpc) is 2.44. The Morgan fingerprint density at radius 2 is 1.50 bits per heavy atom. The normalized spacial score (nSPS) is 11.2. The first-order valence-electron chi connectivity index (χ1n) is 6.14. The highest BCUT2D eigenvalue weighted by Gasteiger charge is 2.26. The van der Waals surface area contributed by atoms with Crippen LogP contribution in [0.25, 0.3) is 11.1 Å². The number of nitrogen functional groups attached to an aromatic ring is 1. The quantitative estimate of drug-likeness (QED) is 0.480. The van der Waals surface area contributed by atoms with Gasteiger partial charge < -0.3 is 20.9 Å². The SMILES string of the molecule is Nc1[nH]c(=O)c(C(=O)O)c(-c2ccc(S(=O)(=O)O)cc2)c1C(=O)O. The molecule has 0 saturated carbocycles. The van der Waals surface area contributed by atoms with Crippen LogP contribution in [-0.4, -0.2) is 40.1 Å². The molecule has 11 heteroatoms. The molecule has 2 aromatic rings. The van der Waals surface area contributed by atoms with E-state index in [1.54, 1.807) is 0 Å². The van der Waals surface area contributed by atoms with Crippen LogP contribution in [0.1, 0.15) is 20.7 Å². The number of aromatic nitrogens is 1. The Balaban J connectivity index is 2.88. The number of nitrogens with two attached hydrogens (primary N) is 1. The van der Waals surface area contributed by atoms with E-state index in [-0.39, 0.29) is 5.56 Å². The lowest BCUT2D eigenvalue weighted by Gasteiger charge is -2.12. The zero-order valence-electron chi connectivity index (χ0n) is 11.7. The summed E-state index contributed by atoms with van der Waals surface area (Å²) in [5.74, 6) is -3.82. The van der Waals surface area contributed by atoms with Gasteiger partial charge in [-0.05, 0) is 17.7 Å². The summed E-state index contributed by atoms with van der Waals surface area (Å²) in [6.45, 7) is 0. The Bertz CT molecular complexity index is 1010. The Morgan fingerprint density at radius 1 is 1.00 bits per heavy atom. The molecule has 6 N–H and O–H groups in total. The molecular formula is C13H10N2O8S. The maximum Gasteiger partial charge on any atom is 0.342 e. The zero-order valence-corrected chi connectivity index (χ0v) is 12.5. The van der Waals surface area contributed by atoms with Crippen molar-refractivity contribution in [3.63, 3.8) is 0 Å². The highest BCUT2D eigenvalue weighted by molar-refractivity contribution is 7.85. The van der Waals surface area contributed by atoms with Crippen molar-refractivity contribution < 1.29 is 32.8 Å². The first kappa shape index (κ1) is 17.2. The molecule has 1 aromatic heterocycles. The summed E-state index contributed by atoms with van der Waals surface area (Å²) >= 11 is 0. The molecule has 10 nitrogen and oxygen atoms in total. The first-order valence-corrected chi connectivity index (χ1v) is 7.58. The number of aromatic amines is 1. The van der Waals surface area contributed by atoms with Crippen molar-refractivity contribution >= 4 is 27.9 Å². The first-order chi connectivity index (χ1) is 11.0. The molecule has 1 heterocycles. The van der Waals surface area contributed by atoms with Gasteiger partial charge in [-0.15, -0.1) is 0 Å². The molecule has 24 heavy (non-hydrogen) atoms. The Hall–Kier alpha value is -3.18. The summed E-state index contributed by atoms with van der Waals surface area (Å²) in [7, 11) is -4.50. The molecule has 0 aliphatic carbocycles. The van der Waals surface area contributed by atoms with Crippen LogP contribution in [0.3, 0.4) is 0 Å². The average molecular weight is 354 g/mol. The molecule has 0 fully saturated rings. The van der Waals surface area contributed by atoms with E-state index in [9.17, 15) is 33.0 Å². The number of pyridine rings is 1. The molecule has 0 bridgehead atoms. The number of anilines is 1. The van der Waals surface area contributed by atoms with E-state index in [0.717, 1.165) is 24.3 Å². The highest BCUT2D eigenvalue weighted by Crippen LogP contribution is 2.29. The van der Waals surface area contributed by atoms with Crippen LogP contribution in [0.4, 0.5) is 5.82 Å². The zero-order chi connectivity index (χ0) is 18.2. The van der Waals surface area contributed by atoms with Crippen molar-refractivity contribution in [1.29, 1.82) is 0 Å². The Kier molecular flexibility index (Phi) is 4.14. The number of carbonyl (C=O) groups is 2. The van der Waals surface area contributed by atoms with E-state index in [4.69, 9.17) is 10.3 Å². The minimum atomic E-state index is -4.50. The second-order valence-electron chi connectivity index (χ2n) is 4.60. The van der Waals surface area contributed by atoms with Gasteiger partial charge in [-0.1, -0.05) is 12.1 Å². The predicted octanol–water partition coefficient (Wildman–Crippen LogP) is 0.267. The van der Waals surface area contributed by atoms with Crippen LogP contribution < -0.4 is 11.3 Å². The Morgan fingerprint density at radius 3 is 1.92 bits per heavy atom. The lowest BCUT2D eigenvalue weighted by atomic mass is 9.95. The molecule has 0 atom stereocenters. The van der Waals surface area contributed by atoms with Gasteiger partial charge in [0.05, 0.1) is 4.90 Å². The summed E-state index contributed by atoms with van der Waals surface area (Å²) in [4.78, 5) is 36.0. The molecule has 0 unspecified atom stereocenters. The van der Waals surface area contributed by atoms with E-state index >= 15 is 0 Å². The van der Waals surface area contributed by atoms with E-state index in [1.165, 1.54) is 0 Å². The predicted molar refractivity (Wildman–Crippen MR) is 80.6 cm³/mol. The monoisotopic (exact) mass is 354 g/mol. The van der Waals surface area contributed by atoms with Crippen LogP contribution in [0.2, 0.25) is 0 Å². The highest BCUT2D eigenvalue weighted by atomic mass is 32.2. The van der Waals surface area contributed by atoms with Crippen LogP contribution >= 0.6 is 0 Å². The van der Waals surface area contributed by atoms with Crippen molar-refractivity contribution in [3.8, 4) is 11.1 Å². The van der Waals surface area contributed by atoms with E-state index in [2.05, 4.69) is 0 Å². The number of aromatic carboxylic acids is 2. The van der Waals surface area contributed by atoms with Gasteiger partial charge in [0.2, 0.25) is 0 Å². The third-order valence-electron chi connectivity index (χ3n) is 3.11. The second kappa shape index (κ2) is 5.79. The van der Waals surface area contributed by atoms with Crippen molar-refractivity contribution in [1.82, 2.24) is 4.98 Å². The Labute approximate surface area is 133 Å². The molecule has 0 amide bonds. The largest absolute Gasteiger partial charge is 0.478 e. The molecule has 0 spiro atoms. The topological polar surface area (TPSA) is 188 Å². The summed E-state index contributed by atoms with van der Waals surface area (Å²) < 4.78 is 31.0. The van der Waals surface area contributed by atoms with Gasteiger partial charge in [0.1, 0.15) is 16.9 Å².